The Labute approximate surface area is 186 Å². The van der Waals surface area contributed by atoms with Gasteiger partial charge >= 0.3 is 5.97 Å². The summed E-state index contributed by atoms with van der Waals surface area (Å²) in [6, 6.07) is 8.95. The maximum atomic E-state index is 13.3. The largest absolute Gasteiger partial charge is 0.459 e. The lowest BCUT2D eigenvalue weighted by Gasteiger charge is -2.42. The number of nitrogens with one attached hydrogen (secondary N) is 2. The molecule has 0 unspecified atom stereocenters. The fraction of sp³-hybridized carbons (Fsp3) is 0.391. The van der Waals surface area contributed by atoms with Gasteiger partial charge in [-0.25, -0.2) is 4.79 Å². The highest BCUT2D eigenvalue weighted by molar-refractivity contribution is 6.15. The van der Waals surface area contributed by atoms with Gasteiger partial charge in [0.2, 0.25) is 5.91 Å². The third-order valence-corrected chi connectivity index (χ3v) is 5.32. The second-order valence-corrected chi connectivity index (χ2v) is 8.46. The summed E-state index contributed by atoms with van der Waals surface area (Å²) in [5.74, 6) is -2.47. The van der Waals surface area contributed by atoms with E-state index in [2.05, 4.69) is 10.6 Å². The number of hydrogen-bond donors (Lipinski definition) is 2. The molecule has 0 fully saturated rings. The number of benzene rings is 1. The number of esters is 1. The molecule has 0 saturated heterocycles. The lowest BCUT2D eigenvalue weighted by molar-refractivity contribution is -0.157. The van der Waals surface area contributed by atoms with Crippen molar-refractivity contribution < 1.29 is 28.3 Å². The maximum Gasteiger partial charge on any atom is 0.329 e. The summed E-state index contributed by atoms with van der Waals surface area (Å²) in [6.07, 6.45) is 0.162. The van der Waals surface area contributed by atoms with Crippen LogP contribution in [0, 0.1) is 5.92 Å². The first-order valence-corrected chi connectivity index (χ1v) is 10.3. The van der Waals surface area contributed by atoms with Crippen LogP contribution in [0.15, 0.2) is 47.1 Å². The number of fused-ring (bicyclic) bond motifs is 1. The molecule has 0 spiro atoms. The number of para-hydroxylation sites is 2. The van der Waals surface area contributed by atoms with Gasteiger partial charge in [-0.15, -0.1) is 0 Å². The van der Waals surface area contributed by atoms with Crippen molar-refractivity contribution in [3.05, 3.63) is 48.4 Å². The Hall–Kier alpha value is -3.62. The van der Waals surface area contributed by atoms with Crippen LogP contribution < -0.4 is 15.5 Å². The molecule has 0 radical (unpaired) electrons. The van der Waals surface area contributed by atoms with Crippen LogP contribution in [0.2, 0.25) is 0 Å². The zero-order valence-electron chi connectivity index (χ0n) is 18.7. The van der Waals surface area contributed by atoms with Crippen molar-refractivity contribution in [2.75, 3.05) is 10.2 Å². The fourth-order valence-corrected chi connectivity index (χ4v) is 3.44. The molecule has 1 aliphatic rings. The van der Waals surface area contributed by atoms with Crippen LogP contribution >= 0.6 is 0 Å². The molecule has 9 heteroatoms. The number of ether oxygens (including phenoxy) is 1. The van der Waals surface area contributed by atoms with Gasteiger partial charge in [-0.3, -0.25) is 19.3 Å². The van der Waals surface area contributed by atoms with Gasteiger partial charge in [-0.1, -0.05) is 26.0 Å². The molecule has 1 aliphatic heterocycles. The van der Waals surface area contributed by atoms with Gasteiger partial charge in [0.15, 0.2) is 11.9 Å². The fourth-order valence-electron chi connectivity index (χ4n) is 3.44. The van der Waals surface area contributed by atoms with Gasteiger partial charge in [-0.2, -0.15) is 0 Å². The second-order valence-electron chi connectivity index (χ2n) is 8.46. The Morgan fingerprint density at radius 3 is 2.41 bits per heavy atom. The summed E-state index contributed by atoms with van der Waals surface area (Å²) in [5.41, 5.74) is -0.192. The van der Waals surface area contributed by atoms with Gasteiger partial charge in [0.25, 0.3) is 11.8 Å². The number of carbonyl (C=O) groups excluding carboxylic acids is 4. The maximum absolute atomic E-state index is 13.3. The lowest BCUT2D eigenvalue weighted by atomic mass is 9.95. The van der Waals surface area contributed by atoms with Crippen LogP contribution in [0.4, 0.5) is 11.4 Å². The minimum absolute atomic E-state index is 0.0604. The zero-order valence-corrected chi connectivity index (χ0v) is 18.7. The van der Waals surface area contributed by atoms with Crippen molar-refractivity contribution in [1.82, 2.24) is 5.32 Å². The van der Waals surface area contributed by atoms with Crippen LogP contribution in [-0.4, -0.2) is 41.4 Å². The smallest absolute Gasteiger partial charge is 0.329 e. The lowest BCUT2D eigenvalue weighted by Crippen LogP contribution is -2.61. The molecule has 2 N–H and O–H groups in total. The number of rotatable bonds is 6. The van der Waals surface area contributed by atoms with Crippen molar-refractivity contribution in [2.45, 2.75) is 52.3 Å². The molecular formula is C23H27N3O6. The van der Waals surface area contributed by atoms with E-state index in [-0.39, 0.29) is 17.6 Å². The molecule has 0 bridgehead atoms. The van der Waals surface area contributed by atoms with Crippen molar-refractivity contribution in [2.24, 2.45) is 5.92 Å². The number of anilines is 2. The molecule has 0 aliphatic carbocycles. The number of carbonyl (C=O) groups is 4. The SMILES string of the molecule is CC(C)[C@H](NC(=O)c1ccco1)C(=O)O[C@H](C)C(=O)N1c2ccccc2NC(=O)C1(C)C. The molecule has 1 aromatic heterocycles. The minimum atomic E-state index is -1.20. The molecule has 170 valence electrons. The predicted octanol–water partition coefficient (Wildman–Crippen LogP) is 2.73. The van der Waals surface area contributed by atoms with Crippen LogP contribution in [0.3, 0.4) is 0 Å². The third kappa shape index (κ3) is 4.37. The number of amides is 3. The van der Waals surface area contributed by atoms with Gasteiger partial charge < -0.3 is 19.8 Å². The number of hydrogen-bond acceptors (Lipinski definition) is 6. The summed E-state index contributed by atoms with van der Waals surface area (Å²) in [4.78, 5) is 52.4. The summed E-state index contributed by atoms with van der Waals surface area (Å²) < 4.78 is 10.5. The topological polar surface area (TPSA) is 118 Å². The normalized spacial score (nSPS) is 16.6. The highest BCUT2D eigenvalue weighted by Crippen LogP contribution is 2.37. The van der Waals surface area contributed by atoms with Crippen LogP contribution in [0.5, 0.6) is 0 Å². The van der Waals surface area contributed by atoms with E-state index in [1.54, 1.807) is 58.0 Å². The van der Waals surface area contributed by atoms with E-state index >= 15 is 0 Å². The molecule has 2 heterocycles. The van der Waals surface area contributed by atoms with Crippen LogP contribution in [0.25, 0.3) is 0 Å². The van der Waals surface area contributed by atoms with Gasteiger partial charge in [-0.05, 0) is 51.0 Å². The Kier molecular flexibility index (Phi) is 6.38. The molecule has 9 nitrogen and oxygen atoms in total. The monoisotopic (exact) mass is 441 g/mol. The van der Waals surface area contributed by atoms with Crippen molar-refractivity contribution in [3.63, 3.8) is 0 Å². The van der Waals surface area contributed by atoms with E-state index in [9.17, 15) is 19.2 Å². The molecule has 2 aromatic rings. The standard InChI is InChI=1S/C23H27N3O6/c1-13(2)18(25-19(27)17-11-8-12-31-17)21(29)32-14(3)20(28)26-16-10-7-6-9-15(16)24-22(30)23(26,4)5/h6-14,18H,1-5H3,(H,24,30)(H,25,27)/t14-,18+/m1/s1. The third-order valence-electron chi connectivity index (χ3n) is 5.32. The van der Waals surface area contributed by atoms with E-state index in [4.69, 9.17) is 9.15 Å². The first kappa shape index (κ1) is 23.1. The predicted molar refractivity (Wildman–Crippen MR) is 117 cm³/mol. The van der Waals surface area contributed by atoms with Crippen LogP contribution in [-0.2, 0) is 19.1 Å². The first-order valence-electron chi connectivity index (χ1n) is 10.3. The first-order chi connectivity index (χ1) is 15.0. The Morgan fingerprint density at radius 2 is 1.78 bits per heavy atom. The average Bonchev–Trinajstić information content (AvgIpc) is 3.27. The highest BCUT2D eigenvalue weighted by Gasteiger charge is 2.45. The van der Waals surface area contributed by atoms with E-state index < -0.39 is 35.5 Å². The summed E-state index contributed by atoms with van der Waals surface area (Å²) in [5, 5.41) is 5.37. The average molecular weight is 441 g/mol. The van der Waals surface area contributed by atoms with Gasteiger partial charge in [0, 0.05) is 0 Å². The van der Waals surface area contributed by atoms with Crippen molar-refractivity contribution >= 4 is 35.1 Å². The summed E-state index contributed by atoms with van der Waals surface area (Å²) >= 11 is 0. The van der Waals surface area contributed by atoms with E-state index in [0.29, 0.717) is 11.4 Å². The van der Waals surface area contributed by atoms with Crippen molar-refractivity contribution in [1.29, 1.82) is 0 Å². The van der Waals surface area contributed by atoms with Gasteiger partial charge in [0.05, 0.1) is 17.6 Å². The molecule has 2 atom stereocenters. The molecule has 0 saturated carbocycles. The molecule has 32 heavy (non-hydrogen) atoms. The Bertz CT molecular complexity index is 1030. The quantitative estimate of drug-likeness (QED) is 0.666. The summed E-state index contributed by atoms with van der Waals surface area (Å²) in [6.45, 7) is 8.16. The number of furan rings is 1. The van der Waals surface area contributed by atoms with E-state index in [1.807, 2.05) is 0 Å². The summed E-state index contributed by atoms with van der Waals surface area (Å²) in [7, 11) is 0. The number of nitrogens with zero attached hydrogens (tertiary/aromatic N) is 1. The molecule has 3 amide bonds. The van der Waals surface area contributed by atoms with Crippen molar-refractivity contribution in [3.8, 4) is 0 Å². The highest BCUT2D eigenvalue weighted by atomic mass is 16.5. The molecule has 1 aromatic carbocycles. The zero-order chi connectivity index (χ0) is 23.6. The molecular weight excluding hydrogens is 414 g/mol. The molecule has 3 rings (SSSR count). The Balaban J connectivity index is 1.78. The second kappa shape index (κ2) is 8.86. The van der Waals surface area contributed by atoms with Crippen LogP contribution in [0.1, 0.15) is 45.2 Å². The van der Waals surface area contributed by atoms with Gasteiger partial charge in [0.1, 0.15) is 11.6 Å². The minimum Gasteiger partial charge on any atom is -0.459 e. The van der Waals surface area contributed by atoms with E-state index in [0.717, 1.165) is 0 Å². The Morgan fingerprint density at radius 1 is 1.09 bits per heavy atom. The van der Waals surface area contributed by atoms with E-state index in [1.165, 1.54) is 24.2 Å².